The van der Waals surface area contributed by atoms with E-state index in [1.54, 1.807) is 0 Å². The Morgan fingerprint density at radius 2 is 2.33 bits per heavy atom. The van der Waals surface area contributed by atoms with Crippen molar-refractivity contribution < 1.29 is 9.53 Å². The first-order valence-corrected chi connectivity index (χ1v) is 7.45. The number of benzene rings is 1. The molecule has 0 heterocycles. The highest BCUT2D eigenvalue weighted by molar-refractivity contribution is 9.10. The highest BCUT2D eigenvalue weighted by Gasteiger charge is 2.07. The monoisotopic (exact) mass is 351 g/mol. The van der Waals surface area contributed by atoms with Crippen molar-refractivity contribution in [1.82, 2.24) is 5.32 Å². The summed E-state index contributed by atoms with van der Waals surface area (Å²) >= 11 is 3.35. The average molecular weight is 352 g/mol. The summed E-state index contributed by atoms with van der Waals surface area (Å²) in [4.78, 5) is 11.8. The number of amides is 1. The van der Waals surface area contributed by atoms with Crippen LogP contribution >= 0.6 is 15.9 Å². The summed E-state index contributed by atoms with van der Waals surface area (Å²) in [5, 5.41) is 14.6. The maximum Gasteiger partial charge on any atom is 0.263 e. The zero-order valence-corrected chi connectivity index (χ0v) is 13.4. The lowest BCUT2D eigenvalue weighted by atomic mass is 10.2. The molecule has 0 aliphatic heterocycles. The SMILES string of the molecule is CCOCCCNC(=O)/C(C#N)=C\Nc1cccc(Br)c1. The Hall–Kier alpha value is -1.84. The molecule has 0 aliphatic carbocycles. The first-order chi connectivity index (χ1) is 10.2. The minimum absolute atomic E-state index is 0.0337. The van der Waals surface area contributed by atoms with E-state index < -0.39 is 5.91 Å². The lowest BCUT2D eigenvalue weighted by Gasteiger charge is -2.05. The topological polar surface area (TPSA) is 74.1 Å². The molecule has 0 atom stereocenters. The van der Waals surface area contributed by atoms with Crippen LogP contribution in [0, 0.1) is 11.3 Å². The Balaban J connectivity index is 2.47. The number of nitrogens with one attached hydrogen (secondary N) is 2. The predicted molar refractivity (Wildman–Crippen MR) is 85.6 cm³/mol. The van der Waals surface area contributed by atoms with Crippen molar-refractivity contribution in [3.63, 3.8) is 0 Å². The van der Waals surface area contributed by atoms with Crippen molar-refractivity contribution in [1.29, 1.82) is 5.26 Å². The standard InChI is InChI=1S/C15H18BrN3O2/c1-2-21-8-4-7-18-15(20)12(10-17)11-19-14-6-3-5-13(16)9-14/h3,5-6,9,11,19H,2,4,7-8H2,1H3,(H,18,20)/b12-11-. The smallest absolute Gasteiger partial charge is 0.263 e. The van der Waals surface area contributed by atoms with Gasteiger partial charge in [-0.05, 0) is 31.5 Å². The molecule has 0 unspecified atom stereocenters. The Labute approximate surface area is 133 Å². The first kappa shape index (κ1) is 17.2. The van der Waals surface area contributed by atoms with Gasteiger partial charge in [0, 0.05) is 36.1 Å². The molecule has 21 heavy (non-hydrogen) atoms. The van der Waals surface area contributed by atoms with Crippen LogP contribution in [0.1, 0.15) is 13.3 Å². The minimum Gasteiger partial charge on any atom is -0.382 e. The Morgan fingerprint density at radius 1 is 1.52 bits per heavy atom. The molecule has 0 spiro atoms. The van der Waals surface area contributed by atoms with Crippen LogP contribution in [0.15, 0.2) is 40.5 Å². The molecule has 0 aliphatic rings. The van der Waals surface area contributed by atoms with Crippen molar-refractivity contribution in [3.8, 4) is 6.07 Å². The number of halogens is 1. The maximum absolute atomic E-state index is 11.8. The van der Waals surface area contributed by atoms with Crippen LogP contribution in [0.3, 0.4) is 0 Å². The normalized spacial score (nSPS) is 10.8. The first-order valence-electron chi connectivity index (χ1n) is 6.65. The van der Waals surface area contributed by atoms with Gasteiger partial charge in [0.1, 0.15) is 11.6 Å². The van der Waals surface area contributed by atoms with E-state index in [2.05, 4.69) is 26.6 Å². The van der Waals surface area contributed by atoms with E-state index in [4.69, 9.17) is 10.00 Å². The molecule has 112 valence electrons. The van der Waals surface area contributed by atoms with E-state index in [1.165, 1.54) is 6.20 Å². The summed E-state index contributed by atoms with van der Waals surface area (Å²) in [5.74, 6) is -0.392. The summed E-state index contributed by atoms with van der Waals surface area (Å²) < 4.78 is 6.09. The molecule has 1 amide bonds. The molecule has 0 bridgehead atoms. The summed E-state index contributed by atoms with van der Waals surface area (Å²) in [6, 6.07) is 9.33. The van der Waals surface area contributed by atoms with Gasteiger partial charge in [-0.1, -0.05) is 22.0 Å². The molecule has 0 saturated heterocycles. The predicted octanol–water partition coefficient (Wildman–Crippen LogP) is 2.81. The molecule has 0 radical (unpaired) electrons. The fourth-order valence-corrected chi connectivity index (χ4v) is 1.90. The molecule has 0 fully saturated rings. The van der Waals surface area contributed by atoms with Gasteiger partial charge < -0.3 is 15.4 Å². The number of anilines is 1. The van der Waals surface area contributed by atoms with Crippen LogP contribution in [-0.2, 0) is 9.53 Å². The minimum atomic E-state index is -0.392. The summed E-state index contributed by atoms with van der Waals surface area (Å²) in [6.07, 6.45) is 2.12. The van der Waals surface area contributed by atoms with Crippen molar-refractivity contribution in [2.75, 3.05) is 25.1 Å². The van der Waals surface area contributed by atoms with Crippen LogP contribution in [0.25, 0.3) is 0 Å². The van der Waals surface area contributed by atoms with Gasteiger partial charge >= 0.3 is 0 Å². The van der Waals surface area contributed by atoms with E-state index >= 15 is 0 Å². The third-order valence-electron chi connectivity index (χ3n) is 2.53. The van der Waals surface area contributed by atoms with Crippen LogP contribution < -0.4 is 10.6 Å². The van der Waals surface area contributed by atoms with Crippen molar-refractivity contribution in [2.24, 2.45) is 0 Å². The van der Waals surface area contributed by atoms with Crippen LogP contribution in [-0.4, -0.2) is 25.7 Å². The number of carbonyl (C=O) groups excluding carboxylic acids is 1. The molecule has 1 aromatic rings. The lowest BCUT2D eigenvalue weighted by Crippen LogP contribution is -2.26. The Morgan fingerprint density at radius 3 is 3.00 bits per heavy atom. The van der Waals surface area contributed by atoms with E-state index in [9.17, 15) is 4.79 Å². The highest BCUT2D eigenvalue weighted by Crippen LogP contribution is 2.15. The van der Waals surface area contributed by atoms with Gasteiger partial charge in [0.2, 0.25) is 0 Å². The fraction of sp³-hybridized carbons (Fsp3) is 0.333. The molecule has 0 aromatic heterocycles. The van der Waals surface area contributed by atoms with Crippen molar-refractivity contribution in [3.05, 3.63) is 40.5 Å². The third kappa shape index (κ3) is 6.93. The third-order valence-corrected chi connectivity index (χ3v) is 3.02. The molecular formula is C15H18BrN3O2. The second-order valence-corrected chi connectivity index (χ2v) is 5.05. The summed E-state index contributed by atoms with van der Waals surface area (Å²) in [5.41, 5.74) is 0.827. The highest BCUT2D eigenvalue weighted by atomic mass is 79.9. The van der Waals surface area contributed by atoms with E-state index in [-0.39, 0.29) is 5.57 Å². The zero-order chi connectivity index (χ0) is 15.5. The van der Waals surface area contributed by atoms with Gasteiger partial charge in [0.15, 0.2) is 0 Å². The quantitative estimate of drug-likeness (QED) is 0.429. The molecular weight excluding hydrogens is 334 g/mol. The fourth-order valence-electron chi connectivity index (χ4n) is 1.50. The van der Waals surface area contributed by atoms with Crippen LogP contribution in [0.4, 0.5) is 5.69 Å². The lowest BCUT2D eigenvalue weighted by molar-refractivity contribution is -0.117. The molecule has 1 aromatic carbocycles. The Kier molecular flexibility index (Phi) is 8.17. The number of rotatable bonds is 8. The van der Waals surface area contributed by atoms with Gasteiger partial charge in [-0.15, -0.1) is 0 Å². The maximum atomic E-state index is 11.8. The second-order valence-electron chi connectivity index (χ2n) is 4.13. The van der Waals surface area contributed by atoms with Gasteiger partial charge in [0.05, 0.1) is 0 Å². The van der Waals surface area contributed by atoms with Gasteiger partial charge in [-0.25, -0.2) is 0 Å². The average Bonchev–Trinajstić information content (AvgIpc) is 2.48. The summed E-state index contributed by atoms with van der Waals surface area (Å²) in [7, 11) is 0. The Bertz CT molecular complexity index is 538. The largest absolute Gasteiger partial charge is 0.382 e. The van der Waals surface area contributed by atoms with Gasteiger partial charge in [0.25, 0.3) is 5.91 Å². The molecule has 2 N–H and O–H groups in total. The van der Waals surface area contributed by atoms with Crippen LogP contribution in [0.2, 0.25) is 0 Å². The van der Waals surface area contributed by atoms with E-state index in [0.717, 1.165) is 16.6 Å². The number of hydrogen-bond acceptors (Lipinski definition) is 4. The molecule has 6 heteroatoms. The van der Waals surface area contributed by atoms with Crippen molar-refractivity contribution in [2.45, 2.75) is 13.3 Å². The summed E-state index contributed by atoms with van der Waals surface area (Å²) in [6.45, 7) is 3.66. The number of hydrogen-bond donors (Lipinski definition) is 2. The number of nitriles is 1. The van der Waals surface area contributed by atoms with E-state index in [1.807, 2.05) is 37.3 Å². The van der Waals surface area contributed by atoms with E-state index in [0.29, 0.717) is 19.8 Å². The number of carbonyl (C=O) groups is 1. The number of nitrogens with zero attached hydrogens (tertiary/aromatic N) is 1. The van der Waals surface area contributed by atoms with Crippen LogP contribution in [0.5, 0.6) is 0 Å². The molecule has 0 saturated carbocycles. The second kappa shape index (κ2) is 9.97. The molecule has 1 rings (SSSR count). The van der Waals surface area contributed by atoms with Gasteiger partial charge in [-0.2, -0.15) is 5.26 Å². The van der Waals surface area contributed by atoms with Crippen molar-refractivity contribution >= 4 is 27.5 Å². The van der Waals surface area contributed by atoms with Gasteiger partial charge in [-0.3, -0.25) is 4.79 Å². The zero-order valence-electron chi connectivity index (χ0n) is 11.9. The molecule has 5 nitrogen and oxygen atoms in total. The number of ether oxygens (including phenoxy) is 1.